The summed E-state index contributed by atoms with van der Waals surface area (Å²) in [7, 11) is 1.79. The summed E-state index contributed by atoms with van der Waals surface area (Å²) in [5, 5.41) is 0. The third-order valence-electron chi connectivity index (χ3n) is 6.55. The number of ether oxygens (including phenoxy) is 1. The van der Waals surface area contributed by atoms with Crippen LogP contribution in [0, 0.1) is 11.2 Å². The number of hydrogen-bond acceptors (Lipinski definition) is 2. The highest BCUT2D eigenvalue weighted by Crippen LogP contribution is 2.52. The predicted octanol–water partition coefficient (Wildman–Crippen LogP) is 3.67. The molecule has 2 aliphatic carbocycles. The lowest BCUT2D eigenvalue weighted by atomic mass is 9.76. The van der Waals surface area contributed by atoms with E-state index in [1.54, 1.807) is 19.2 Å². The number of carbonyl (C=O) groups excluding carboxylic acids is 1. The Bertz CT molecular complexity index is 642. The molecule has 0 N–H and O–H groups in total. The van der Waals surface area contributed by atoms with Crippen molar-refractivity contribution >= 4 is 5.91 Å². The third-order valence-corrected chi connectivity index (χ3v) is 6.55. The SMILES string of the molecule is CO[C@@H]1CCC[C@@]12CCCN(C(=O)C1(c3ccccc3F)CC1)C2. The van der Waals surface area contributed by atoms with Crippen LogP contribution in [0.4, 0.5) is 4.39 Å². The Morgan fingerprint density at radius 1 is 1.21 bits per heavy atom. The van der Waals surface area contributed by atoms with Crippen LogP contribution in [-0.4, -0.2) is 37.1 Å². The molecule has 0 unspecified atom stereocenters. The molecule has 1 heterocycles. The van der Waals surface area contributed by atoms with Crippen LogP contribution in [-0.2, 0) is 14.9 Å². The molecule has 0 bridgehead atoms. The van der Waals surface area contributed by atoms with Gasteiger partial charge in [0.15, 0.2) is 0 Å². The Balaban J connectivity index is 1.58. The Morgan fingerprint density at radius 2 is 1.96 bits per heavy atom. The van der Waals surface area contributed by atoms with Crippen molar-refractivity contribution in [1.82, 2.24) is 4.90 Å². The molecule has 0 radical (unpaired) electrons. The molecule has 3 fully saturated rings. The van der Waals surface area contributed by atoms with Crippen LogP contribution in [0.3, 0.4) is 0 Å². The molecule has 1 aromatic rings. The molecular formula is C20H26FNO2. The summed E-state index contributed by atoms with van der Waals surface area (Å²) in [5.41, 5.74) is 0.100. The first-order valence-electron chi connectivity index (χ1n) is 9.19. The Kier molecular flexibility index (Phi) is 3.91. The summed E-state index contributed by atoms with van der Waals surface area (Å²) in [6, 6.07) is 6.78. The molecule has 2 atom stereocenters. The average Bonchev–Trinajstić information content (AvgIpc) is 3.32. The lowest BCUT2D eigenvalue weighted by Crippen LogP contribution is -2.52. The first kappa shape index (κ1) is 16.1. The number of methoxy groups -OCH3 is 1. The summed E-state index contributed by atoms with van der Waals surface area (Å²) in [4.78, 5) is 15.3. The van der Waals surface area contributed by atoms with Crippen LogP contribution in [0.2, 0.25) is 0 Å². The molecule has 24 heavy (non-hydrogen) atoms. The van der Waals surface area contributed by atoms with Gasteiger partial charge in [0.25, 0.3) is 0 Å². The molecule has 4 rings (SSSR count). The second-order valence-electron chi connectivity index (χ2n) is 7.87. The largest absolute Gasteiger partial charge is 0.381 e. The highest BCUT2D eigenvalue weighted by molar-refractivity contribution is 5.91. The van der Waals surface area contributed by atoms with E-state index in [0.717, 1.165) is 51.6 Å². The van der Waals surface area contributed by atoms with Crippen molar-refractivity contribution < 1.29 is 13.9 Å². The molecule has 1 saturated heterocycles. The maximum atomic E-state index is 14.3. The first-order chi connectivity index (χ1) is 11.6. The number of halogens is 1. The number of carbonyl (C=O) groups is 1. The van der Waals surface area contributed by atoms with E-state index in [-0.39, 0.29) is 23.2 Å². The fraction of sp³-hybridized carbons (Fsp3) is 0.650. The molecule has 3 aliphatic rings. The monoisotopic (exact) mass is 331 g/mol. The van der Waals surface area contributed by atoms with Crippen molar-refractivity contribution in [3.8, 4) is 0 Å². The minimum atomic E-state index is -0.606. The zero-order valence-corrected chi connectivity index (χ0v) is 14.4. The summed E-state index contributed by atoms with van der Waals surface area (Å²) in [6.45, 7) is 1.58. The van der Waals surface area contributed by atoms with Gasteiger partial charge in [-0.05, 0) is 44.6 Å². The molecule has 2 saturated carbocycles. The molecule has 1 amide bonds. The summed E-state index contributed by atoms with van der Waals surface area (Å²) in [5.74, 6) is -0.112. The summed E-state index contributed by atoms with van der Waals surface area (Å²) in [6.07, 6.45) is 7.38. The van der Waals surface area contributed by atoms with E-state index in [0.29, 0.717) is 5.56 Å². The molecule has 130 valence electrons. The van der Waals surface area contributed by atoms with Crippen LogP contribution < -0.4 is 0 Å². The number of hydrogen-bond donors (Lipinski definition) is 0. The third kappa shape index (κ3) is 2.38. The highest BCUT2D eigenvalue weighted by Gasteiger charge is 2.56. The van der Waals surface area contributed by atoms with Gasteiger partial charge < -0.3 is 9.64 Å². The molecule has 1 aromatic carbocycles. The van der Waals surface area contributed by atoms with Crippen molar-refractivity contribution in [2.45, 2.75) is 56.5 Å². The van der Waals surface area contributed by atoms with Gasteiger partial charge >= 0.3 is 0 Å². The van der Waals surface area contributed by atoms with E-state index in [4.69, 9.17) is 4.74 Å². The van der Waals surface area contributed by atoms with Crippen molar-refractivity contribution in [3.63, 3.8) is 0 Å². The molecule has 4 heteroatoms. The second kappa shape index (κ2) is 5.83. The fourth-order valence-corrected chi connectivity index (χ4v) is 5.15. The normalized spacial score (nSPS) is 31.4. The zero-order chi connectivity index (χ0) is 16.8. The molecule has 3 nitrogen and oxygen atoms in total. The van der Waals surface area contributed by atoms with Gasteiger partial charge in [-0.25, -0.2) is 4.39 Å². The number of likely N-dealkylation sites (tertiary alicyclic amines) is 1. The van der Waals surface area contributed by atoms with Crippen LogP contribution in [0.25, 0.3) is 0 Å². The summed E-state index contributed by atoms with van der Waals surface area (Å²) >= 11 is 0. The minimum Gasteiger partial charge on any atom is -0.381 e. The fourth-order valence-electron chi connectivity index (χ4n) is 5.15. The number of amides is 1. The van der Waals surface area contributed by atoms with E-state index in [9.17, 15) is 9.18 Å². The molecular weight excluding hydrogens is 305 g/mol. The zero-order valence-electron chi connectivity index (χ0n) is 14.4. The molecule has 1 spiro atoms. The van der Waals surface area contributed by atoms with E-state index in [2.05, 4.69) is 0 Å². The van der Waals surface area contributed by atoms with Gasteiger partial charge in [-0.3, -0.25) is 4.79 Å². The van der Waals surface area contributed by atoms with E-state index >= 15 is 0 Å². The molecule has 1 aliphatic heterocycles. The van der Waals surface area contributed by atoms with Gasteiger partial charge in [0.05, 0.1) is 11.5 Å². The second-order valence-corrected chi connectivity index (χ2v) is 7.87. The van der Waals surface area contributed by atoms with Gasteiger partial charge in [0.2, 0.25) is 5.91 Å². The minimum absolute atomic E-state index is 0.119. The van der Waals surface area contributed by atoms with Crippen molar-refractivity contribution in [1.29, 1.82) is 0 Å². The van der Waals surface area contributed by atoms with Crippen molar-refractivity contribution in [2.24, 2.45) is 5.41 Å². The Labute approximate surface area is 143 Å². The maximum absolute atomic E-state index is 14.3. The van der Waals surface area contributed by atoms with Gasteiger partial charge in [0, 0.05) is 31.2 Å². The number of piperidine rings is 1. The van der Waals surface area contributed by atoms with Gasteiger partial charge in [0.1, 0.15) is 5.82 Å². The Morgan fingerprint density at radius 3 is 2.67 bits per heavy atom. The van der Waals surface area contributed by atoms with Crippen molar-refractivity contribution in [3.05, 3.63) is 35.6 Å². The quantitative estimate of drug-likeness (QED) is 0.846. The Hall–Kier alpha value is -1.42. The van der Waals surface area contributed by atoms with Gasteiger partial charge in [-0.1, -0.05) is 24.6 Å². The highest BCUT2D eigenvalue weighted by atomic mass is 19.1. The maximum Gasteiger partial charge on any atom is 0.233 e. The number of rotatable bonds is 3. The van der Waals surface area contributed by atoms with Crippen LogP contribution >= 0.6 is 0 Å². The van der Waals surface area contributed by atoms with E-state index in [1.165, 1.54) is 12.5 Å². The number of benzene rings is 1. The van der Waals surface area contributed by atoms with Crippen LogP contribution in [0.15, 0.2) is 24.3 Å². The lowest BCUT2D eigenvalue weighted by molar-refractivity contribution is -0.140. The van der Waals surface area contributed by atoms with Crippen LogP contribution in [0.1, 0.15) is 50.5 Å². The standard InChI is InChI=1S/C20H26FNO2/c1-24-17-8-4-9-19(17)10-5-13-22(14-19)18(23)20(11-12-20)15-6-2-3-7-16(15)21/h2-3,6-7,17H,4-5,8-14H2,1H3/t17-,19+/m1/s1. The lowest BCUT2D eigenvalue weighted by Gasteiger charge is -2.44. The van der Waals surface area contributed by atoms with E-state index < -0.39 is 5.41 Å². The number of nitrogens with zero attached hydrogens (tertiary/aromatic N) is 1. The van der Waals surface area contributed by atoms with Gasteiger partial charge in [-0.2, -0.15) is 0 Å². The van der Waals surface area contributed by atoms with Crippen LogP contribution in [0.5, 0.6) is 0 Å². The first-order valence-corrected chi connectivity index (χ1v) is 9.19. The summed E-state index contributed by atoms with van der Waals surface area (Å²) < 4.78 is 20.0. The smallest absolute Gasteiger partial charge is 0.233 e. The average molecular weight is 331 g/mol. The topological polar surface area (TPSA) is 29.5 Å². The van der Waals surface area contributed by atoms with E-state index in [1.807, 2.05) is 11.0 Å². The molecule has 0 aromatic heterocycles. The van der Waals surface area contributed by atoms with Crippen molar-refractivity contribution in [2.75, 3.05) is 20.2 Å². The van der Waals surface area contributed by atoms with Gasteiger partial charge in [-0.15, -0.1) is 0 Å². The predicted molar refractivity (Wildman–Crippen MR) is 90.2 cm³/mol.